The molecule has 106 valence electrons. The Morgan fingerprint density at radius 2 is 1.95 bits per heavy atom. The third kappa shape index (κ3) is 2.64. The molecule has 0 heterocycles. The second-order valence-corrected chi connectivity index (χ2v) is 7.64. The van der Waals surface area contributed by atoms with Gasteiger partial charge in [-0.25, -0.2) is 8.42 Å². The van der Waals surface area contributed by atoms with Gasteiger partial charge in [-0.3, -0.25) is 0 Å². The first-order valence-electron chi connectivity index (χ1n) is 7.07. The Morgan fingerprint density at radius 1 is 1.26 bits per heavy atom. The van der Waals surface area contributed by atoms with E-state index in [9.17, 15) is 8.42 Å². The zero-order chi connectivity index (χ0) is 14.0. The molecule has 19 heavy (non-hydrogen) atoms. The van der Waals surface area contributed by atoms with Crippen molar-refractivity contribution >= 4 is 15.5 Å². The van der Waals surface area contributed by atoms with Gasteiger partial charge in [-0.15, -0.1) is 0 Å². The minimum Gasteiger partial charge on any atom is -0.398 e. The van der Waals surface area contributed by atoms with E-state index >= 15 is 0 Å². The highest BCUT2D eigenvalue weighted by Gasteiger charge is 2.36. The maximum Gasteiger partial charge on any atom is 0.181 e. The lowest BCUT2D eigenvalue weighted by Crippen LogP contribution is -2.33. The van der Waals surface area contributed by atoms with Crippen molar-refractivity contribution in [1.29, 1.82) is 0 Å². The van der Waals surface area contributed by atoms with Crippen LogP contribution < -0.4 is 5.73 Å². The van der Waals surface area contributed by atoms with Gasteiger partial charge >= 0.3 is 0 Å². The second-order valence-electron chi connectivity index (χ2n) is 5.51. The van der Waals surface area contributed by atoms with Crippen LogP contribution in [0.3, 0.4) is 0 Å². The van der Waals surface area contributed by atoms with Crippen molar-refractivity contribution in [2.24, 2.45) is 5.92 Å². The Kier molecular flexibility index (Phi) is 4.19. The molecule has 2 N–H and O–H groups in total. The third-order valence-electron chi connectivity index (χ3n) is 4.39. The van der Waals surface area contributed by atoms with Crippen molar-refractivity contribution < 1.29 is 8.42 Å². The molecule has 0 radical (unpaired) electrons. The highest BCUT2D eigenvalue weighted by atomic mass is 32.2. The molecule has 0 spiro atoms. The van der Waals surface area contributed by atoms with E-state index in [4.69, 9.17) is 5.73 Å². The van der Waals surface area contributed by atoms with Crippen molar-refractivity contribution in [3.63, 3.8) is 0 Å². The van der Waals surface area contributed by atoms with Crippen molar-refractivity contribution in [2.75, 3.05) is 5.73 Å². The van der Waals surface area contributed by atoms with E-state index < -0.39 is 9.84 Å². The normalized spacial score (nSPS) is 24.3. The summed E-state index contributed by atoms with van der Waals surface area (Å²) in [5, 5.41) is -0.230. The standard InChI is InChI=1S/C15H23NO2S/c1-3-12-7-4-5-9-15(12)19(17,18)14-10-6-8-13(16)11(14)2/h6,8,10,12,15H,3-5,7,9,16H2,1-2H3. The van der Waals surface area contributed by atoms with E-state index in [-0.39, 0.29) is 5.25 Å². The number of benzene rings is 1. The van der Waals surface area contributed by atoms with Gasteiger partial charge in [0.05, 0.1) is 10.1 Å². The number of nitrogen functional groups attached to an aromatic ring is 1. The first-order valence-corrected chi connectivity index (χ1v) is 8.62. The number of sulfone groups is 1. The van der Waals surface area contributed by atoms with Crippen molar-refractivity contribution in [3.8, 4) is 0 Å². The van der Waals surface area contributed by atoms with Crippen LogP contribution in [0, 0.1) is 12.8 Å². The van der Waals surface area contributed by atoms with Crippen LogP contribution in [0.1, 0.15) is 44.6 Å². The molecule has 4 heteroatoms. The van der Waals surface area contributed by atoms with Crippen molar-refractivity contribution in [3.05, 3.63) is 23.8 Å². The van der Waals surface area contributed by atoms with E-state index in [0.29, 0.717) is 22.1 Å². The Balaban J connectivity index is 2.44. The van der Waals surface area contributed by atoms with Crippen molar-refractivity contribution in [2.45, 2.75) is 56.1 Å². The molecule has 1 saturated carbocycles. The molecule has 1 aromatic carbocycles. The SMILES string of the molecule is CCC1CCCCC1S(=O)(=O)c1cccc(N)c1C. The lowest BCUT2D eigenvalue weighted by molar-refractivity contribution is 0.348. The minimum absolute atomic E-state index is 0.230. The molecule has 0 aliphatic heterocycles. The molecular formula is C15H23NO2S. The fourth-order valence-electron chi connectivity index (χ4n) is 3.15. The maximum absolute atomic E-state index is 12.9. The predicted octanol–water partition coefficient (Wildman–Crippen LogP) is 3.32. The van der Waals surface area contributed by atoms with Gasteiger partial charge in [0.2, 0.25) is 0 Å². The molecule has 0 saturated heterocycles. The fourth-order valence-corrected chi connectivity index (χ4v) is 5.60. The van der Waals surface area contributed by atoms with Gasteiger partial charge in [-0.05, 0) is 43.4 Å². The maximum atomic E-state index is 12.9. The summed E-state index contributed by atoms with van der Waals surface area (Å²) in [5.74, 6) is 0.291. The molecule has 0 aromatic heterocycles. The van der Waals surface area contributed by atoms with Gasteiger partial charge in [0.15, 0.2) is 9.84 Å². The lowest BCUT2D eigenvalue weighted by atomic mass is 9.87. The van der Waals surface area contributed by atoms with Crippen LogP contribution in [0.4, 0.5) is 5.69 Å². The van der Waals surface area contributed by atoms with Crippen LogP contribution in [0.2, 0.25) is 0 Å². The molecule has 3 nitrogen and oxygen atoms in total. The summed E-state index contributed by atoms with van der Waals surface area (Å²) in [4.78, 5) is 0.429. The van der Waals surface area contributed by atoms with Crippen LogP contribution in [0.15, 0.2) is 23.1 Å². The molecule has 2 unspecified atom stereocenters. The summed E-state index contributed by atoms with van der Waals surface area (Å²) in [6, 6.07) is 5.19. The Labute approximate surface area is 116 Å². The van der Waals surface area contributed by atoms with Gasteiger partial charge in [-0.1, -0.05) is 32.3 Å². The Bertz CT molecular complexity index is 551. The van der Waals surface area contributed by atoms with Crippen molar-refractivity contribution in [1.82, 2.24) is 0 Å². The van der Waals surface area contributed by atoms with Crippen LogP contribution in [0.25, 0.3) is 0 Å². The molecule has 1 aliphatic carbocycles. The third-order valence-corrected chi connectivity index (χ3v) is 6.87. The number of hydrogen-bond donors (Lipinski definition) is 1. The summed E-state index contributed by atoms with van der Waals surface area (Å²) < 4.78 is 25.7. The molecule has 1 fully saturated rings. The zero-order valence-electron chi connectivity index (χ0n) is 11.7. The topological polar surface area (TPSA) is 60.2 Å². The molecule has 1 aliphatic rings. The summed E-state index contributed by atoms with van der Waals surface area (Å²) in [6.45, 7) is 3.89. The second kappa shape index (κ2) is 5.53. The molecule has 2 atom stereocenters. The van der Waals surface area contributed by atoms with Crippen LogP contribution in [-0.2, 0) is 9.84 Å². The molecular weight excluding hydrogens is 258 g/mol. The highest BCUT2D eigenvalue weighted by molar-refractivity contribution is 7.92. The monoisotopic (exact) mass is 281 g/mol. The van der Waals surface area contributed by atoms with Crippen LogP contribution in [-0.4, -0.2) is 13.7 Å². The molecule has 2 rings (SSSR count). The van der Waals surface area contributed by atoms with Gasteiger partial charge in [0.25, 0.3) is 0 Å². The molecule has 0 amide bonds. The molecule has 1 aromatic rings. The van der Waals surface area contributed by atoms with Gasteiger partial charge < -0.3 is 5.73 Å². The average Bonchev–Trinajstić information content (AvgIpc) is 2.41. The van der Waals surface area contributed by atoms with Crippen LogP contribution in [0.5, 0.6) is 0 Å². The first-order chi connectivity index (χ1) is 8.98. The summed E-state index contributed by atoms with van der Waals surface area (Å²) in [7, 11) is -3.26. The number of hydrogen-bond acceptors (Lipinski definition) is 3. The van der Waals surface area contributed by atoms with E-state index in [0.717, 1.165) is 32.1 Å². The number of anilines is 1. The Hall–Kier alpha value is -1.03. The summed E-state index contributed by atoms with van der Waals surface area (Å²) in [5.41, 5.74) is 7.11. The van der Waals surface area contributed by atoms with Crippen LogP contribution >= 0.6 is 0 Å². The smallest absolute Gasteiger partial charge is 0.181 e. The van der Waals surface area contributed by atoms with E-state index in [1.165, 1.54) is 0 Å². The molecule has 0 bridgehead atoms. The number of nitrogens with two attached hydrogens (primary N) is 1. The summed E-state index contributed by atoms with van der Waals surface area (Å²) >= 11 is 0. The minimum atomic E-state index is -3.26. The lowest BCUT2D eigenvalue weighted by Gasteiger charge is -2.31. The van der Waals surface area contributed by atoms with E-state index in [1.807, 2.05) is 0 Å². The summed E-state index contributed by atoms with van der Waals surface area (Å²) in [6.07, 6.45) is 4.92. The van der Waals surface area contributed by atoms with E-state index in [2.05, 4.69) is 6.92 Å². The largest absolute Gasteiger partial charge is 0.398 e. The fraction of sp³-hybridized carbons (Fsp3) is 0.600. The van der Waals surface area contributed by atoms with E-state index in [1.54, 1.807) is 25.1 Å². The highest BCUT2D eigenvalue weighted by Crippen LogP contribution is 2.36. The predicted molar refractivity (Wildman–Crippen MR) is 78.8 cm³/mol. The quantitative estimate of drug-likeness (QED) is 0.865. The van der Waals surface area contributed by atoms with Gasteiger partial charge in [0, 0.05) is 5.69 Å². The Morgan fingerprint density at radius 3 is 2.63 bits per heavy atom. The average molecular weight is 281 g/mol. The van der Waals surface area contributed by atoms with Gasteiger partial charge in [0.1, 0.15) is 0 Å². The zero-order valence-corrected chi connectivity index (χ0v) is 12.5. The van der Waals surface area contributed by atoms with Gasteiger partial charge in [-0.2, -0.15) is 0 Å². The first kappa shape index (κ1) is 14.4. The number of rotatable bonds is 3.